The fourth-order valence-electron chi connectivity index (χ4n) is 3.43. The summed E-state index contributed by atoms with van der Waals surface area (Å²) in [6.07, 6.45) is 4.01. The van der Waals surface area contributed by atoms with E-state index in [4.69, 9.17) is 4.52 Å². The Morgan fingerprint density at radius 1 is 1.33 bits per heavy atom. The predicted octanol–water partition coefficient (Wildman–Crippen LogP) is 2.01. The quantitative estimate of drug-likeness (QED) is 0.713. The van der Waals surface area contributed by atoms with Gasteiger partial charge >= 0.3 is 0 Å². The largest absolute Gasteiger partial charge is 0.356 e. The number of fused-ring (bicyclic) bond motifs is 1. The van der Waals surface area contributed by atoms with Gasteiger partial charge in [0.15, 0.2) is 5.82 Å². The Morgan fingerprint density at radius 3 is 2.77 bits per heavy atom. The van der Waals surface area contributed by atoms with Crippen LogP contribution < -0.4 is 10.6 Å². The van der Waals surface area contributed by atoms with E-state index in [9.17, 15) is 9.59 Å². The summed E-state index contributed by atoms with van der Waals surface area (Å²) in [4.78, 5) is 29.0. The van der Waals surface area contributed by atoms with Crippen molar-refractivity contribution in [2.24, 2.45) is 5.92 Å². The van der Waals surface area contributed by atoms with Gasteiger partial charge < -0.3 is 15.2 Å². The number of hydrogen-bond donors (Lipinski definition) is 2. The van der Waals surface area contributed by atoms with Crippen molar-refractivity contribution in [1.82, 2.24) is 30.6 Å². The van der Waals surface area contributed by atoms with Crippen molar-refractivity contribution >= 4 is 11.8 Å². The first kappa shape index (κ1) is 22.0. The highest BCUT2D eigenvalue weighted by Gasteiger charge is 2.26. The minimum Gasteiger partial charge on any atom is -0.356 e. The molecule has 0 saturated heterocycles. The van der Waals surface area contributed by atoms with Crippen molar-refractivity contribution in [1.29, 1.82) is 0 Å². The van der Waals surface area contributed by atoms with E-state index in [2.05, 4.69) is 25.9 Å². The summed E-state index contributed by atoms with van der Waals surface area (Å²) in [5.41, 5.74) is 1.40. The molecule has 164 valence electrons. The number of aromatic nitrogens is 4. The van der Waals surface area contributed by atoms with Gasteiger partial charge in [0.2, 0.25) is 11.8 Å². The normalized spacial score (nSPS) is 16.4. The van der Waals surface area contributed by atoms with Crippen molar-refractivity contribution in [3.8, 4) is 0 Å². The van der Waals surface area contributed by atoms with Crippen molar-refractivity contribution in [3.63, 3.8) is 0 Å². The lowest BCUT2D eigenvalue weighted by atomic mass is 9.94. The van der Waals surface area contributed by atoms with E-state index in [1.54, 1.807) is 6.20 Å². The second-order valence-electron chi connectivity index (χ2n) is 9.28. The number of aryl methyl sites for hydroxylation is 2. The van der Waals surface area contributed by atoms with Gasteiger partial charge in [-0.3, -0.25) is 14.3 Å². The lowest BCUT2D eigenvalue weighted by Gasteiger charge is -2.24. The molecule has 9 nitrogen and oxygen atoms in total. The highest BCUT2D eigenvalue weighted by molar-refractivity contribution is 5.95. The van der Waals surface area contributed by atoms with E-state index in [-0.39, 0.29) is 29.2 Å². The summed E-state index contributed by atoms with van der Waals surface area (Å²) >= 11 is 0. The molecule has 3 heterocycles. The summed E-state index contributed by atoms with van der Waals surface area (Å²) < 4.78 is 7.14. The molecule has 30 heavy (non-hydrogen) atoms. The first-order valence-electron chi connectivity index (χ1n) is 10.6. The van der Waals surface area contributed by atoms with Crippen LogP contribution in [0.4, 0.5) is 0 Å². The van der Waals surface area contributed by atoms with Crippen LogP contribution in [0.2, 0.25) is 0 Å². The fourth-order valence-corrected chi connectivity index (χ4v) is 3.43. The predicted molar refractivity (Wildman–Crippen MR) is 111 cm³/mol. The highest BCUT2D eigenvalue weighted by atomic mass is 16.5. The second kappa shape index (κ2) is 8.97. The van der Waals surface area contributed by atoms with Crippen LogP contribution in [0.3, 0.4) is 0 Å². The molecule has 0 radical (unpaired) electrons. The Bertz CT molecular complexity index is 893. The van der Waals surface area contributed by atoms with E-state index in [1.807, 2.05) is 39.3 Å². The van der Waals surface area contributed by atoms with Gasteiger partial charge in [0, 0.05) is 37.4 Å². The summed E-state index contributed by atoms with van der Waals surface area (Å²) in [6.45, 7) is 11.2. The Morgan fingerprint density at radius 2 is 2.10 bits per heavy atom. The first-order valence-corrected chi connectivity index (χ1v) is 10.6. The second-order valence-corrected chi connectivity index (χ2v) is 9.28. The molecule has 1 aliphatic rings. The maximum atomic E-state index is 12.4. The number of carbonyl (C=O) groups is 2. The smallest absolute Gasteiger partial charge is 0.254 e. The van der Waals surface area contributed by atoms with Crippen LogP contribution in [0.1, 0.15) is 75.2 Å². The molecule has 1 atom stereocenters. The molecule has 0 aromatic carbocycles. The number of amides is 2. The monoisotopic (exact) mass is 416 g/mol. The maximum absolute atomic E-state index is 12.4. The van der Waals surface area contributed by atoms with Crippen LogP contribution in [-0.4, -0.2) is 44.3 Å². The lowest BCUT2D eigenvalue weighted by molar-refractivity contribution is -0.121. The van der Waals surface area contributed by atoms with Gasteiger partial charge in [-0.25, -0.2) is 0 Å². The van der Waals surface area contributed by atoms with E-state index < -0.39 is 0 Å². The fraction of sp³-hybridized carbons (Fsp3) is 0.667. The van der Waals surface area contributed by atoms with E-state index >= 15 is 0 Å². The van der Waals surface area contributed by atoms with Crippen LogP contribution in [0.25, 0.3) is 0 Å². The number of rotatable bonds is 7. The first-order chi connectivity index (χ1) is 14.1. The SMILES string of the molecule is CC(C)NC(=O)c1cnn2c1CC(CNC(=O)CCc1nc(C(C)(C)C)no1)CC2. The maximum Gasteiger partial charge on any atom is 0.254 e. The average Bonchev–Trinajstić information content (AvgIpc) is 3.30. The summed E-state index contributed by atoms with van der Waals surface area (Å²) in [5.74, 6) is 1.28. The van der Waals surface area contributed by atoms with Gasteiger partial charge in [-0.05, 0) is 32.6 Å². The molecule has 2 N–H and O–H groups in total. The molecule has 0 saturated carbocycles. The summed E-state index contributed by atoms with van der Waals surface area (Å²) in [6, 6.07) is 0.0741. The van der Waals surface area contributed by atoms with Crippen molar-refractivity contribution in [3.05, 3.63) is 29.2 Å². The standard InChI is InChI=1S/C21H32N6O3/c1-13(2)24-19(29)15-12-23-27-9-8-14(10-16(15)27)11-22-17(28)6-7-18-25-20(26-30-18)21(3,4)5/h12-14H,6-11H2,1-5H3,(H,22,28)(H,24,29). The highest BCUT2D eigenvalue weighted by Crippen LogP contribution is 2.23. The van der Waals surface area contributed by atoms with Gasteiger partial charge in [-0.15, -0.1) is 0 Å². The van der Waals surface area contributed by atoms with Crippen molar-refractivity contribution < 1.29 is 14.1 Å². The minimum absolute atomic E-state index is 0.0395. The zero-order chi connectivity index (χ0) is 21.9. The summed E-state index contributed by atoms with van der Waals surface area (Å²) in [7, 11) is 0. The molecule has 0 aliphatic carbocycles. The Hall–Kier alpha value is -2.71. The van der Waals surface area contributed by atoms with Crippen LogP contribution in [-0.2, 0) is 29.6 Å². The number of nitrogens with one attached hydrogen (secondary N) is 2. The lowest BCUT2D eigenvalue weighted by Crippen LogP contribution is -2.35. The molecule has 3 rings (SSSR count). The molecule has 1 unspecified atom stereocenters. The van der Waals surface area contributed by atoms with Gasteiger partial charge in [0.25, 0.3) is 5.91 Å². The summed E-state index contributed by atoms with van der Waals surface area (Å²) in [5, 5.41) is 14.3. The Labute approximate surface area is 177 Å². The van der Waals surface area contributed by atoms with Crippen LogP contribution in [0.15, 0.2) is 10.7 Å². The third-order valence-electron chi connectivity index (χ3n) is 5.14. The Kier molecular flexibility index (Phi) is 6.58. The molecular formula is C21H32N6O3. The molecular weight excluding hydrogens is 384 g/mol. The molecule has 0 bridgehead atoms. The molecule has 1 aliphatic heterocycles. The molecule has 2 amide bonds. The number of hydrogen-bond acceptors (Lipinski definition) is 6. The number of carbonyl (C=O) groups excluding carboxylic acids is 2. The van der Waals surface area contributed by atoms with E-state index in [1.165, 1.54) is 0 Å². The zero-order valence-electron chi connectivity index (χ0n) is 18.5. The van der Waals surface area contributed by atoms with Crippen molar-refractivity contribution in [2.75, 3.05) is 6.54 Å². The topological polar surface area (TPSA) is 115 Å². The molecule has 2 aromatic rings. The average molecular weight is 417 g/mol. The van der Waals surface area contributed by atoms with Crippen LogP contribution in [0.5, 0.6) is 0 Å². The molecule has 9 heteroatoms. The Balaban J connectivity index is 1.48. The molecule has 0 fully saturated rings. The van der Waals surface area contributed by atoms with Crippen molar-refractivity contribution in [2.45, 2.75) is 78.3 Å². The van der Waals surface area contributed by atoms with Crippen LogP contribution >= 0.6 is 0 Å². The van der Waals surface area contributed by atoms with E-state index in [0.29, 0.717) is 36.7 Å². The van der Waals surface area contributed by atoms with Gasteiger partial charge in [-0.1, -0.05) is 25.9 Å². The zero-order valence-corrected chi connectivity index (χ0v) is 18.5. The third kappa shape index (κ3) is 5.46. The third-order valence-corrected chi connectivity index (χ3v) is 5.14. The van der Waals surface area contributed by atoms with Gasteiger partial charge in [0.05, 0.1) is 17.5 Å². The van der Waals surface area contributed by atoms with E-state index in [0.717, 1.165) is 25.1 Å². The minimum atomic E-state index is -0.178. The number of nitrogens with zero attached hydrogens (tertiary/aromatic N) is 4. The van der Waals surface area contributed by atoms with Gasteiger partial charge in [-0.2, -0.15) is 10.1 Å². The molecule has 0 spiro atoms. The van der Waals surface area contributed by atoms with Gasteiger partial charge in [0.1, 0.15) is 0 Å². The van der Waals surface area contributed by atoms with Crippen LogP contribution in [0, 0.1) is 5.92 Å². The molecule has 2 aromatic heterocycles.